The predicted molar refractivity (Wildman–Crippen MR) is 149 cm³/mol. The number of carbonyl (C=O) groups is 1. The van der Waals surface area contributed by atoms with Gasteiger partial charge in [-0.3, -0.25) is 14.5 Å². The van der Waals surface area contributed by atoms with E-state index < -0.39 is 10.0 Å². The fraction of sp³-hybridized carbons (Fsp3) is 0.143. The molecule has 5 rings (SSSR count). The van der Waals surface area contributed by atoms with Gasteiger partial charge in [-0.2, -0.15) is 0 Å². The summed E-state index contributed by atoms with van der Waals surface area (Å²) in [4.78, 5) is 21.3. The maximum Gasteiger partial charge on any atom is 0.261 e. The van der Waals surface area contributed by atoms with Crippen molar-refractivity contribution in [2.24, 2.45) is 0 Å². The quantitative estimate of drug-likeness (QED) is 0.338. The van der Waals surface area contributed by atoms with Crippen molar-refractivity contribution in [3.63, 3.8) is 0 Å². The number of rotatable bonds is 6. The molecule has 188 valence electrons. The van der Waals surface area contributed by atoms with E-state index in [4.69, 9.17) is 0 Å². The molecule has 0 radical (unpaired) electrons. The molecule has 1 fully saturated rings. The molecule has 37 heavy (non-hydrogen) atoms. The molecule has 1 N–H and O–H groups in total. The molecular formula is C28H25BrN4O3S. The lowest BCUT2D eigenvalue weighted by atomic mass is 10.1. The van der Waals surface area contributed by atoms with Gasteiger partial charge in [-0.15, -0.1) is 0 Å². The minimum atomic E-state index is -3.77. The fourth-order valence-electron chi connectivity index (χ4n) is 4.27. The summed E-state index contributed by atoms with van der Waals surface area (Å²) in [6, 6.07) is 25.1. The van der Waals surface area contributed by atoms with E-state index in [0.29, 0.717) is 24.3 Å². The van der Waals surface area contributed by atoms with Gasteiger partial charge in [0.25, 0.3) is 15.9 Å². The number of nitrogens with zero attached hydrogens (tertiary/aromatic N) is 3. The summed E-state index contributed by atoms with van der Waals surface area (Å²) in [6.45, 7) is 2.72. The first kappa shape index (κ1) is 25.0. The van der Waals surface area contributed by atoms with Gasteiger partial charge in [-0.25, -0.2) is 8.42 Å². The lowest BCUT2D eigenvalue weighted by molar-refractivity contribution is 0.0747. The summed E-state index contributed by atoms with van der Waals surface area (Å²) in [7, 11) is -3.77. The van der Waals surface area contributed by atoms with Crippen LogP contribution in [0.4, 0.5) is 11.4 Å². The molecule has 0 atom stereocenters. The summed E-state index contributed by atoms with van der Waals surface area (Å²) < 4.78 is 29.4. The molecule has 1 aliphatic heterocycles. The number of anilines is 2. The Bertz CT molecular complexity index is 1470. The number of piperazine rings is 1. The van der Waals surface area contributed by atoms with Crippen LogP contribution in [0.1, 0.15) is 10.4 Å². The van der Waals surface area contributed by atoms with Crippen LogP contribution in [0.25, 0.3) is 11.1 Å². The van der Waals surface area contributed by atoms with Gasteiger partial charge in [0.15, 0.2) is 0 Å². The van der Waals surface area contributed by atoms with Crippen LogP contribution in [0.15, 0.2) is 107 Å². The fourth-order valence-corrected chi connectivity index (χ4v) is 5.59. The molecule has 9 heteroatoms. The first-order valence-corrected chi connectivity index (χ1v) is 14.1. The number of pyridine rings is 1. The van der Waals surface area contributed by atoms with Crippen molar-refractivity contribution in [1.29, 1.82) is 0 Å². The van der Waals surface area contributed by atoms with Crippen molar-refractivity contribution in [2.75, 3.05) is 35.8 Å². The van der Waals surface area contributed by atoms with E-state index >= 15 is 0 Å². The molecule has 0 bridgehead atoms. The first-order chi connectivity index (χ1) is 17.9. The van der Waals surface area contributed by atoms with Gasteiger partial charge in [-0.1, -0.05) is 40.2 Å². The Balaban J connectivity index is 1.20. The average Bonchev–Trinajstić information content (AvgIpc) is 2.94. The number of halogens is 1. The lowest BCUT2D eigenvalue weighted by Gasteiger charge is -2.36. The minimum Gasteiger partial charge on any atom is -0.368 e. The Morgan fingerprint density at radius 2 is 1.32 bits per heavy atom. The second kappa shape index (κ2) is 10.7. The average molecular weight is 578 g/mol. The lowest BCUT2D eigenvalue weighted by Crippen LogP contribution is -2.48. The Kier molecular flexibility index (Phi) is 7.25. The van der Waals surface area contributed by atoms with E-state index in [2.05, 4.69) is 30.5 Å². The number of benzene rings is 3. The van der Waals surface area contributed by atoms with Crippen LogP contribution in [-0.4, -0.2) is 50.4 Å². The van der Waals surface area contributed by atoms with Gasteiger partial charge in [0, 0.05) is 60.0 Å². The Morgan fingerprint density at radius 3 is 1.92 bits per heavy atom. The third-order valence-electron chi connectivity index (χ3n) is 6.32. The number of amides is 1. The largest absolute Gasteiger partial charge is 0.368 e. The molecule has 1 aliphatic rings. The third-order valence-corrected chi connectivity index (χ3v) is 8.25. The monoisotopic (exact) mass is 576 g/mol. The second-order valence-electron chi connectivity index (χ2n) is 8.70. The van der Waals surface area contributed by atoms with E-state index in [1.165, 1.54) is 0 Å². The van der Waals surface area contributed by atoms with E-state index in [1.807, 2.05) is 41.3 Å². The number of hydrogen-bond donors (Lipinski definition) is 1. The van der Waals surface area contributed by atoms with Crippen LogP contribution < -0.4 is 9.62 Å². The summed E-state index contributed by atoms with van der Waals surface area (Å²) >= 11 is 3.42. The summed E-state index contributed by atoms with van der Waals surface area (Å²) in [5.74, 6) is -0.0627. The van der Waals surface area contributed by atoms with Crippen molar-refractivity contribution in [3.8, 4) is 11.1 Å². The van der Waals surface area contributed by atoms with E-state index in [9.17, 15) is 13.2 Å². The molecular weight excluding hydrogens is 552 g/mol. The summed E-state index contributed by atoms with van der Waals surface area (Å²) in [6.07, 6.45) is 3.53. The highest BCUT2D eigenvalue weighted by Crippen LogP contribution is 2.25. The molecule has 3 aromatic carbocycles. The van der Waals surface area contributed by atoms with E-state index in [-0.39, 0.29) is 10.8 Å². The van der Waals surface area contributed by atoms with Crippen LogP contribution in [0.2, 0.25) is 0 Å². The smallest absolute Gasteiger partial charge is 0.261 e. The molecule has 0 spiro atoms. The Morgan fingerprint density at radius 1 is 0.757 bits per heavy atom. The molecule has 0 unspecified atom stereocenters. The topological polar surface area (TPSA) is 82.6 Å². The van der Waals surface area contributed by atoms with Gasteiger partial charge in [0.1, 0.15) is 0 Å². The number of nitrogens with one attached hydrogen (secondary N) is 1. The van der Waals surface area contributed by atoms with E-state index in [0.717, 1.165) is 34.4 Å². The molecule has 0 saturated carbocycles. The van der Waals surface area contributed by atoms with Gasteiger partial charge in [-0.05, 0) is 71.8 Å². The normalized spacial score (nSPS) is 13.9. The Hall–Kier alpha value is -3.69. The summed E-state index contributed by atoms with van der Waals surface area (Å²) in [5.41, 5.74) is 3.95. The highest BCUT2D eigenvalue weighted by molar-refractivity contribution is 9.10. The number of carbonyl (C=O) groups excluding carboxylic acids is 1. The maximum absolute atomic E-state index is 13.0. The van der Waals surface area contributed by atoms with Crippen LogP contribution in [0.5, 0.6) is 0 Å². The standard InChI is InChI=1S/C28H25BrN4O3S/c29-24-7-1-21(2-8-24)22-5-11-27(12-6-22)37(35,36)31-25-9-3-23(4-10-25)28(34)33-19-17-32(18-20-33)26-13-15-30-16-14-26/h1-16,31H,17-20H2. The zero-order chi connectivity index (χ0) is 25.8. The van der Waals surface area contributed by atoms with Crippen molar-refractivity contribution < 1.29 is 13.2 Å². The van der Waals surface area contributed by atoms with Gasteiger partial charge < -0.3 is 9.80 Å². The van der Waals surface area contributed by atoms with Crippen LogP contribution in [-0.2, 0) is 10.0 Å². The predicted octanol–water partition coefficient (Wildman–Crippen LogP) is 5.27. The van der Waals surface area contributed by atoms with E-state index in [1.54, 1.807) is 60.9 Å². The molecule has 1 amide bonds. The number of aromatic nitrogens is 1. The van der Waals surface area contributed by atoms with Gasteiger partial charge in [0.05, 0.1) is 4.90 Å². The van der Waals surface area contributed by atoms with Crippen molar-refractivity contribution in [2.45, 2.75) is 4.90 Å². The van der Waals surface area contributed by atoms with Gasteiger partial charge in [0.2, 0.25) is 0 Å². The number of hydrogen-bond acceptors (Lipinski definition) is 5. The summed E-state index contributed by atoms with van der Waals surface area (Å²) in [5, 5.41) is 0. The van der Waals surface area contributed by atoms with Crippen molar-refractivity contribution >= 4 is 43.2 Å². The minimum absolute atomic E-state index is 0.0627. The zero-order valence-electron chi connectivity index (χ0n) is 19.9. The zero-order valence-corrected chi connectivity index (χ0v) is 22.3. The molecule has 4 aromatic rings. The maximum atomic E-state index is 13.0. The highest BCUT2D eigenvalue weighted by atomic mass is 79.9. The van der Waals surface area contributed by atoms with Crippen LogP contribution >= 0.6 is 15.9 Å². The Labute approximate surface area is 225 Å². The van der Waals surface area contributed by atoms with Crippen molar-refractivity contribution in [1.82, 2.24) is 9.88 Å². The van der Waals surface area contributed by atoms with Crippen LogP contribution in [0, 0.1) is 0 Å². The highest BCUT2D eigenvalue weighted by Gasteiger charge is 2.22. The molecule has 1 aromatic heterocycles. The third kappa shape index (κ3) is 5.84. The SMILES string of the molecule is O=C(c1ccc(NS(=O)(=O)c2ccc(-c3ccc(Br)cc3)cc2)cc1)N1CCN(c2ccncc2)CC1. The number of sulfonamides is 1. The second-order valence-corrected chi connectivity index (χ2v) is 11.3. The molecule has 2 heterocycles. The first-order valence-electron chi connectivity index (χ1n) is 11.8. The molecule has 7 nitrogen and oxygen atoms in total. The van der Waals surface area contributed by atoms with Crippen molar-refractivity contribution in [3.05, 3.63) is 107 Å². The molecule has 0 aliphatic carbocycles. The van der Waals surface area contributed by atoms with Crippen LogP contribution in [0.3, 0.4) is 0 Å². The van der Waals surface area contributed by atoms with Gasteiger partial charge >= 0.3 is 0 Å². The molecule has 1 saturated heterocycles.